The summed E-state index contributed by atoms with van der Waals surface area (Å²) in [6.07, 6.45) is 2.65. The van der Waals surface area contributed by atoms with Crippen LogP contribution in [-0.4, -0.2) is 28.4 Å². The summed E-state index contributed by atoms with van der Waals surface area (Å²) in [6, 6.07) is 11.1. The maximum atomic E-state index is 12.1. The first kappa shape index (κ1) is 17.9. The molecule has 0 N–H and O–H groups in total. The molecule has 0 radical (unpaired) electrons. The number of fused-ring (bicyclic) bond motifs is 1. The lowest BCUT2D eigenvalue weighted by atomic mass is 10.0. The highest BCUT2D eigenvalue weighted by atomic mass is 16.5. The number of hydrogen-bond donors (Lipinski definition) is 0. The Morgan fingerprint density at radius 3 is 2.69 bits per heavy atom. The number of carbonyl (C=O) groups excluding carboxylic acids is 2. The second-order valence-corrected chi connectivity index (χ2v) is 6.43. The van der Waals surface area contributed by atoms with Gasteiger partial charge in [-0.2, -0.15) is 0 Å². The van der Waals surface area contributed by atoms with Gasteiger partial charge in [0, 0.05) is 22.8 Å². The van der Waals surface area contributed by atoms with Crippen molar-refractivity contribution in [2.24, 2.45) is 0 Å². The molecule has 0 aliphatic heterocycles. The molecular formula is C21H22N2O3. The first-order valence-corrected chi connectivity index (χ1v) is 8.75. The van der Waals surface area contributed by atoms with Crippen LogP contribution >= 0.6 is 0 Å². The van der Waals surface area contributed by atoms with E-state index in [0.29, 0.717) is 24.3 Å². The van der Waals surface area contributed by atoms with Crippen LogP contribution in [0.5, 0.6) is 0 Å². The van der Waals surface area contributed by atoms with Crippen molar-refractivity contribution in [2.75, 3.05) is 6.61 Å². The van der Waals surface area contributed by atoms with E-state index in [1.807, 2.05) is 24.3 Å². The first-order chi connectivity index (χ1) is 12.6. The molecule has 0 saturated carbocycles. The Bertz CT molecular complexity index is 943. The van der Waals surface area contributed by atoms with Gasteiger partial charge < -0.3 is 9.30 Å². The third kappa shape index (κ3) is 3.25. The van der Waals surface area contributed by atoms with Gasteiger partial charge in [-0.3, -0.25) is 9.78 Å². The topological polar surface area (TPSA) is 61.2 Å². The monoisotopic (exact) mass is 350 g/mol. The Hall–Kier alpha value is -2.95. The zero-order valence-corrected chi connectivity index (χ0v) is 15.2. The zero-order valence-electron chi connectivity index (χ0n) is 15.2. The third-order valence-electron chi connectivity index (χ3n) is 4.37. The lowest BCUT2D eigenvalue weighted by molar-refractivity contribution is 0.0526. The number of pyridine rings is 1. The second kappa shape index (κ2) is 7.52. The van der Waals surface area contributed by atoms with Crippen LogP contribution in [0, 0.1) is 0 Å². The Balaban J connectivity index is 2.23. The Morgan fingerprint density at radius 1 is 1.27 bits per heavy atom. The van der Waals surface area contributed by atoms with Gasteiger partial charge in [0.05, 0.1) is 29.9 Å². The molecule has 0 saturated heterocycles. The highest BCUT2D eigenvalue weighted by Gasteiger charge is 2.21. The van der Waals surface area contributed by atoms with E-state index in [4.69, 9.17) is 4.74 Å². The van der Waals surface area contributed by atoms with Gasteiger partial charge in [-0.25, -0.2) is 4.79 Å². The van der Waals surface area contributed by atoms with Crippen LogP contribution in [0.25, 0.3) is 10.9 Å². The molecule has 5 nitrogen and oxygen atoms in total. The number of esters is 1. The number of aromatic nitrogens is 2. The fourth-order valence-corrected chi connectivity index (χ4v) is 3.31. The van der Waals surface area contributed by atoms with E-state index >= 15 is 0 Å². The maximum Gasteiger partial charge on any atom is 0.338 e. The molecule has 0 aliphatic rings. The number of nitrogens with zero attached hydrogens (tertiary/aromatic N) is 2. The summed E-state index contributed by atoms with van der Waals surface area (Å²) < 4.78 is 7.19. The maximum absolute atomic E-state index is 12.1. The van der Waals surface area contributed by atoms with Crippen LogP contribution in [0.1, 0.15) is 58.8 Å². The summed E-state index contributed by atoms with van der Waals surface area (Å²) in [7, 11) is 0. The Labute approximate surface area is 152 Å². The summed E-state index contributed by atoms with van der Waals surface area (Å²) in [5.74, 6) is -0.212. The first-order valence-electron chi connectivity index (χ1n) is 8.75. The van der Waals surface area contributed by atoms with Gasteiger partial charge in [0.1, 0.15) is 0 Å². The van der Waals surface area contributed by atoms with Crippen LogP contribution in [0.4, 0.5) is 0 Å². The van der Waals surface area contributed by atoms with Crippen molar-refractivity contribution in [1.29, 1.82) is 0 Å². The average Bonchev–Trinajstić information content (AvgIpc) is 2.95. The zero-order chi connectivity index (χ0) is 18.7. The van der Waals surface area contributed by atoms with Gasteiger partial charge in [-0.1, -0.05) is 26.0 Å². The third-order valence-corrected chi connectivity index (χ3v) is 4.37. The second-order valence-electron chi connectivity index (χ2n) is 6.43. The molecule has 3 aromatic rings. The largest absolute Gasteiger partial charge is 0.462 e. The van der Waals surface area contributed by atoms with E-state index in [0.717, 1.165) is 28.6 Å². The molecular weight excluding hydrogens is 328 g/mol. The Morgan fingerprint density at radius 2 is 2.08 bits per heavy atom. The van der Waals surface area contributed by atoms with Crippen LogP contribution in [0.2, 0.25) is 0 Å². The van der Waals surface area contributed by atoms with Gasteiger partial charge in [-0.15, -0.1) is 0 Å². The van der Waals surface area contributed by atoms with Crippen molar-refractivity contribution in [3.63, 3.8) is 0 Å². The van der Waals surface area contributed by atoms with Crippen molar-refractivity contribution in [3.05, 3.63) is 65.1 Å². The smallest absolute Gasteiger partial charge is 0.338 e. The molecule has 0 unspecified atom stereocenters. The minimum atomic E-state index is -0.362. The molecule has 0 bridgehead atoms. The van der Waals surface area contributed by atoms with Crippen molar-refractivity contribution >= 4 is 23.2 Å². The highest BCUT2D eigenvalue weighted by Crippen LogP contribution is 2.31. The van der Waals surface area contributed by atoms with Gasteiger partial charge >= 0.3 is 5.97 Å². The fourth-order valence-electron chi connectivity index (χ4n) is 3.31. The van der Waals surface area contributed by atoms with E-state index in [-0.39, 0.29) is 11.9 Å². The minimum absolute atomic E-state index is 0.150. The van der Waals surface area contributed by atoms with Gasteiger partial charge in [0.15, 0.2) is 6.29 Å². The molecule has 134 valence electrons. The standard InChI is InChI=1S/C21H22N2O3/c1-4-26-21(25)15-8-9-17-18(13-24)20(14(2)3)23(19(17)11-15)12-16-7-5-6-10-22-16/h5-11,13-14H,4,12H2,1-3H3. The van der Waals surface area contributed by atoms with Crippen molar-refractivity contribution in [3.8, 4) is 0 Å². The average molecular weight is 350 g/mol. The minimum Gasteiger partial charge on any atom is -0.462 e. The summed E-state index contributed by atoms with van der Waals surface area (Å²) in [6.45, 7) is 6.75. The predicted molar refractivity (Wildman–Crippen MR) is 101 cm³/mol. The van der Waals surface area contributed by atoms with E-state index in [1.54, 1.807) is 25.3 Å². The molecule has 0 aliphatic carbocycles. The van der Waals surface area contributed by atoms with E-state index < -0.39 is 0 Å². The SMILES string of the molecule is CCOC(=O)c1ccc2c(C=O)c(C(C)C)n(Cc3ccccn3)c2c1. The summed E-state index contributed by atoms with van der Waals surface area (Å²) >= 11 is 0. The molecule has 5 heteroatoms. The van der Waals surface area contributed by atoms with Gasteiger partial charge in [0.25, 0.3) is 0 Å². The quantitative estimate of drug-likeness (QED) is 0.494. The molecule has 2 heterocycles. The van der Waals surface area contributed by atoms with E-state index in [2.05, 4.69) is 23.4 Å². The fraction of sp³-hybridized carbons (Fsp3) is 0.286. The summed E-state index contributed by atoms with van der Waals surface area (Å²) in [5.41, 5.74) is 3.83. The molecule has 0 fully saturated rings. The summed E-state index contributed by atoms with van der Waals surface area (Å²) in [4.78, 5) is 28.4. The van der Waals surface area contributed by atoms with Crippen LogP contribution in [-0.2, 0) is 11.3 Å². The molecule has 1 aromatic carbocycles. The summed E-state index contributed by atoms with van der Waals surface area (Å²) in [5, 5.41) is 0.840. The molecule has 2 aromatic heterocycles. The Kier molecular flexibility index (Phi) is 5.16. The lowest BCUT2D eigenvalue weighted by Gasteiger charge is -2.14. The lowest BCUT2D eigenvalue weighted by Crippen LogP contribution is -2.09. The number of hydrogen-bond acceptors (Lipinski definition) is 4. The molecule has 0 spiro atoms. The molecule has 0 atom stereocenters. The van der Waals surface area contributed by atoms with Crippen LogP contribution < -0.4 is 0 Å². The van der Waals surface area contributed by atoms with Gasteiger partial charge in [0.2, 0.25) is 0 Å². The predicted octanol–water partition coefficient (Wildman–Crippen LogP) is 4.20. The van der Waals surface area contributed by atoms with E-state index in [1.165, 1.54) is 0 Å². The normalized spacial score (nSPS) is 11.1. The van der Waals surface area contributed by atoms with Crippen LogP contribution in [0.15, 0.2) is 42.6 Å². The number of ether oxygens (including phenoxy) is 1. The van der Waals surface area contributed by atoms with E-state index in [9.17, 15) is 9.59 Å². The van der Waals surface area contributed by atoms with Gasteiger partial charge in [-0.05, 0) is 37.1 Å². The van der Waals surface area contributed by atoms with Crippen molar-refractivity contribution in [2.45, 2.75) is 33.2 Å². The number of benzene rings is 1. The van der Waals surface area contributed by atoms with Crippen LogP contribution in [0.3, 0.4) is 0 Å². The van der Waals surface area contributed by atoms with Crippen molar-refractivity contribution in [1.82, 2.24) is 9.55 Å². The highest BCUT2D eigenvalue weighted by molar-refractivity contribution is 6.02. The number of aldehydes is 1. The van der Waals surface area contributed by atoms with Crippen molar-refractivity contribution < 1.29 is 14.3 Å². The molecule has 0 amide bonds. The molecule has 3 rings (SSSR count). The molecule has 26 heavy (non-hydrogen) atoms. The number of carbonyl (C=O) groups is 2. The number of rotatable bonds is 6.